The number of halogens is 1. The van der Waals surface area contributed by atoms with Crippen molar-refractivity contribution in [1.82, 2.24) is 29.9 Å². The minimum absolute atomic E-state index is 0.167. The van der Waals surface area contributed by atoms with Crippen LogP contribution in [0.1, 0.15) is 49.5 Å². The molecule has 0 saturated carbocycles. The minimum Gasteiger partial charge on any atom is -0.444 e. The lowest BCUT2D eigenvalue weighted by Crippen LogP contribution is -2.53. The fourth-order valence-corrected chi connectivity index (χ4v) is 5.54. The molecule has 234 valence electrons. The Balaban J connectivity index is 1.41. The summed E-state index contributed by atoms with van der Waals surface area (Å²) in [5.41, 5.74) is 1.18. The zero-order valence-electron chi connectivity index (χ0n) is 25.6. The number of carbonyl (C=O) groups is 2. The third kappa shape index (κ3) is 6.23. The fraction of sp³-hybridized carbons (Fsp3) is 0.294. The predicted molar refractivity (Wildman–Crippen MR) is 170 cm³/mol. The molecule has 1 fully saturated rings. The number of likely N-dealkylation sites (tertiary alicyclic amines) is 1. The minimum atomic E-state index is -0.756. The van der Waals surface area contributed by atoms with Crippen molar-refractivity contribution in [3.05, 3.63) is 83.9 Å². The van der Waals surface area contributed by atoms with Crippen LogP contribution in [0.2, 0.25) is 0 Å². The molecule has 2 amide bonds. The summed E-state index contributed by atoms with van der Waals surface area (Å²) in [6, 6.07) is 14.4. The highest BCUT2D eigenvalue weighted by Crippen LogP contribution is 2.32. The second kappa shape index (κ2) is 12.5. The van der Waals surface area contributed by atoms with Gasteiger partial charge in [-0.2, -0.15) is 4.68 Å². The number of ether oxygens (including phenoxy) is 1. The summed E-state index contributed by atoms with van der Waals surface area (Å²) in [5.74, 6) is 4.50. The number of amides is 2. The van der Waals surface area contributed by atoms with Gasteiger partial charge in [-0.15, -0.1) is 5.10 Å². The number of aliphatic hydroxyl groups excluding tert-OH is 1. The van der Waals surface area contributed by atoms with Gasteiger partial charge in [-0.25, -0.2) is 19.2 Å². The molecule has 12 heteroatoms. The van der Waals surface area contributed by atoms with E-state index < -0.39 is 29.5 Å². The summed E-state index contributed by atoms with van der Waals surface area (Å²) < 4.78 is 23.0. The standard InChI is InChI=1S/C34H32FN7O4/c1-34(2,3)46-33(45)40-17-5-8-25(21-40)41(30-26-12-10-22(7-6-18-43)19-23(26)14-16-37-30)32(44)27-13-11-24(20-28(27)35)42-31-29(38-39-42)9-4-15-36-31/h4,9-16,19-20,25,43H,5,8,17-18,21H2,1-3H3/t25-/m1/s1. The van der Waals surface area contributed by atoms with E-state index in [-0.39, 0.29) is 18.7 Å². The smallest absolute Gasteiger partial charge is 0.410 e. The van der Waals surface area contributed by atoms with E-state index in [2.05, 4.69) is 32.1 Å². The highest BCUT2D eigenvalue weighted by atomic mass is 19.1. The lowest BCUT2D eigenvalue weighted by Gasteiger charge is -2.39. The third-order valence-electron chi connectivity index (χ3n) is 7.55. The molecule has 1 aliphatic rings. The molecule has 0 aliphatic carbocycles. The van der Waals surface area contributed by atoms with Crippen molar-refractivity contribution < 1.29 is 23.8 Å². The Kier molecular flexibility index (Phi) is 8.34. The van der Waals surface area contributed by atoms with Gasteiger partial charge >= 0.3 is 6.09 Å². The zero-order chi connectivity index (χ0) is 32.4. The number of nitrogens with zero attached hydrogens (tertiary/aromatic N) is 7. The van der Waals surface area contributed by atoms with Gasteiger partial charge in [0.2, 0.25) is 0 Å². The average Bonchev–Trinajstić information content (AvgIpc) is 3.47. The number of pyridine rings is 2. The van der Waals surface area contributed by atoms with Gasteiger partial charge in [-0.3, -0.25) is 9.69 Å². The number of rotatable bonds is 4. The Morgan fingerprint density at radius 2 is 1.96 bits per heavy atom. The van der Waals surface area contributed by atoms with Gasteiger partial charge in [0.05, 0.1) is 17.3 Å². The Hall–Kier alpha value is -5.41. The highest BCUT2D eigenvalue weighted by molar-refractivity contribution is 6.10. The van der Waals surface area contributed by atoms with Crippen LogP contribution >= 0.6 is 0 Å². The number of anilines is 1. The summed E-state index contributed by atoms with van der Waals surface area (Å²) in [4.78, 5) is 39.5. The first-order valence-electron chi connectivity index (χ1n) is 14.9. The topological polar surface area (TPSA) is 127 Å². The average molecular weight is 622 g/mol. The summed E-state index contributed by atoms with van der Waals surface area (Å²) in [6.07, 6.45) is 3.86. The van der Waals surface area contributed by atoms with Crippen molar-refractivity contribution >= 4 is 39.8 Å². The van der Waals surface area contributed by atoms with Crippen LogP contribution in [-0.4, -0.2) is 78.3 Å². The second-order valence-electron chi connectivity index (χ2n) is 11.9. The first-order chi connectivity index (χ1) is 22.1. The molecule has 11 nitrogen and oxygen atoms in total. The molecule has 1 atom stereocenters. The molecule has 2 aromatic carbocycles. The molecule has 0 unspecified atom stereocenters. The van der Waals surface area contributed by atoms with E-state index in [0.29, 0.717) is 53.0 Å². The maximum absolute atomic E-state index is 15.9. The molecular weight excluding hydrogens is 589 g/mol. The van der Waals surface area contributed by atoms with Crippen LogP contribution in [-0.2, 0) is 4.74 Å². The molecule has 0 bridgehead atoms. The maximum atomic E-state index is 15.9. The van der Waals surface area contributed by atoms with E-state index in [1.807, 2.05) is 6.07 Å². The van der Waals surface area contributed by atoms with Crippen LogP contribution in [0.3, 0.4) is 0 Å². The van der Waals surface area contributed by atoms with E-state index in [1.165, 1.54) is 21.7 Å². The molecule has 46 heavy (non-hydrogen) atoms. The highest BCUT2D eigenvalue weighted by Gasteiger charge is 2.36. The van der Waals surface area contributed by atoms with Crippen LogP contribution in [0.25, 0.3) is 27.6 Å². The molecule has 0 spiro atoms. The molecule has 1 N–H and O–H groups in total. The number of fused-ring (bicyclic) bond motifs is 2. The number of benzene rings is 2. The SMILES string of the molecule is CC(C)(C)OC(=O)N1CCC[C@@H](N(C(=O)c2ccc(-n3nnc4cccnc43)cc2F)c2nccc3cc(C#CCO)ccc23)C1. The number of aliphatic hydroxyl groups is 1. The van der Waals surface area contributed by atoms with E-state index >= 15 is 4.39 Å². The second-order valence-corrected chi connectivity index (χ2v) is 11.9. The first kappa shape index (κ1) is 30.6. The molecular formula is C34H32FN7O4. The van der Waals surface area contributed by atoms with Crippen molar-refractivity contribution in [3.8, 4) is 17.5 Å². The van der Waals surface area contributed by atoms with Gasteiger partial charge in [-0.05, 0) is 87.5 Å². The Morgan fingerprint density at radius 3 is 2.74 bits per heavy atom. The molecule has 3 aromatic heterocycles. The van der Waals surface area contributed by atoms with Gasteiger partial charge < -0.3 is 14.7 Å². The number of aromatic nitrogens is 5. The van der Waals surface area contributed by atoms with Crippen molar-refractivity contribution in [2.24, 2.45) is 0 Å². The van der Waals surface area contributed by atoms with Crippen molar-refractivity contribution in [2.75, 3.05) is 24.6 Å². The van der Waals surface area contributed by atoms with Crippen LogP contribution in [0.15, 0.2) is 67.0 Å². The molecule has 0 radical (unpaired) electrons. The van der Waals surface area contributed by atoms with E-state index in [9.17, 15) is 9.59 Å². The monoisotopic (exact) mass is 621 g/mol. The molecule has 6 rings (SSSR count). The van der Waals surface area contributed by atoms with E-state index in [0.717, 1.165) is 5.39 Å². The van der Waals surface area contributed by atoms with Crippen molar-refractivity contribution in [1.29, 1.82) is 0 Å². The normalized spacial score (nSPS) is 15.0. The summed E-state index contributed by atoms with van der Waals surface area (Å²) >= 11 is 0. The van der Waals surface area contributed by atoms with Gasteiger partial charge in [0.25, 0.3) is 5.91 Å². The van der Waals surface area contributed by atoms with Gasteiger partial charge in [0, 0.05) is 42.5 Å². The number of piperidine rings is 1. The van der Waals surface area contributed by atoms with Gasteiger partial charge in [-0.1, -0.05) is 17.1 Å². The van der Waals surface area contributed by atoms with Crippen LogP contribution < -0.4 is 4.90 Å². The summed E-state index contributed by atoms with van der Waals surface area (Å²) in [5, 5.41) is 18.7. The molecule has 1 saturated heterocycles. The largest absolute Gasteiger partial charge is 0.444 e. The molecule has 5 aromatic rings. The lowest BCUT2D eigenvalue weighted by molar-refractivity contribution is 0.0196. The van der Waals surface area contributed by atoms with Crippen molar-refractivity contribution in [2.45, 2.75) is 45.3 Å². The molecule has 4 heterocycles. The number of hydrogen-bond donors (Lipinski definition) is 1. The van der Waals surface area contributed by atoms with Crippen LogP contribution in [0.4, 0.5) is 15.0 Å². The van der Waals surface area contributed by atoms with E-state index in [1.54, 1.807) is 74.5 Å². The zero-order valence-corrected chi connectivity index (χ0v) is 25.6. The van der Waals surface area contributed by atoms with Crippen molar-refractivity contribution in [3.63, 3.8) is 0 Å². The van der Waals surface area contributed by atoms with E-state index in [4.69, 9.17) is 9.84 Å². The Bertz CT molecular complexity index is 2010. The summed E-state index contributed by atoms with van der Waals surface area (Å²) in [7, 11) is 0. The Labute approximate surface area is 264 Å². The molecule has 1 aliphatic heterocycles. The quantitative estimate of drug-likeness (QED) is 0.281. The Morgan fingerprint density at radius 1 is 1.11 bits per heavy atom. The summed E-state index contributed by atoms with van der Waals surface area (Å²) in [6.45, 7) is 5.76. The lowest BCUT2D eigenvalue weighted by atomic mass is 10.0. The van der Waals surface area contributed by atoms with Crippen LogP contribution in [0.5, 0.6) is 0 Å². The maximum Gasteiger partial charge on any atom is 0.410 e. The number of carbonyl (C=O) groups excluding carboxylic acids is 2. The third-order valence-corrected chi connectivity index (χ3v) is 7.55. The fourth-order valence-electron chi connectivity index (χ4n) is 5.54. The van der Waals surface area contributed by atoms with Gasteiger partial charge in [0.15, 0.2) is 5.65 Å². The predicted octanol–water partition coefficient (Wildman–Crippen LogP) is 4.89. The number of hydrogen-bond acceptors (Lipinski definition) is 8. The van der Waals surface area contributed by atoms with Crippen LogP contribution in [0, 0.1) is 17.7 Å². The first-order valence-corrected chi connectivity index (χ1v) is 14.9. The van der Waals surface area contributed by atoms with Gasteiger partial charge in [0.1, 0.15) is 29.4 Å².